The molecule has 3 aliphatic rings. The molecule has 3 fully saturated rings. The standard InChI is InChI=1S/C29H42N8OS/c1-34-27-23(11-12-25(32-27)37-16-7-2-3-8-17-37)26(33-34)24-20-30-29(39-24)28(38)31-22-10-9-15-36(21-22)19-18-35-13-5-4-6-14-35/h11-12,20,22H,2-10,13-19,21H2,1H3,(H,31,38). The Hall–Kier alpha value is -2.56. The SMILES string of the molecule is Cn1nc(-c2cnc(C(=O)NC3CCCN(CCN4CCCCC4)C3)s2)c2ccc(N3CCCCCC3)nc21. The number of thiazole rings is 1. The molecule has 39 heavy (non-hydrogen) atoms. The number of amides is 1. The van der Waals surface area contributed by atoms with Crippen LogP contribution in [0.2, 0.25) is 0 Å². The number of rotatable bonds is 7. The van der Waals surface area contributed by atoms with E-state index in [4.69, 9.17) is 10.1 Å². The normalized spacial score (nSPS) is 21.8. The van der Waals surface area contributed by atoms with Crippen molar-refractivity contribution in [3.05, 3.63) is 23.3 Å². The minimum Gasteiger partial charge on any atom is -0.357 e. The van der Waals surface area contributed by atoms with Crippen LogP contribution in [-0.4, -0.2) is 93.9 Å². The molecule has 0 bridgehead atoms. The number of hydrogen-bond donors (Lipinski definition) is 1. The number of aryl methyl sites for hydroxylation is 1. The summed E-state index contributed by atoms with van der Waals surface area (Å²) in [6.07, 6.45) is 13.0. The van der Waals surface area contributed by atoms with Gasteiger partial charge < -0.3 is 20.0 Å². The van der Waals surface area contributed by atoms with E-state index in [1.54, 1.807) is 6.20 Å². The Kier molecular flexibility index (Phi) is 8.41. The van der Waals surface area contributed by atoms with Crippen LogP contribution in [0.15, 0.2) is 18.3 Å². The summed E-state index contributed by atoms with van der Waals surface area (Å²) in [6.45, 7) is 8.89. The average molecular weight is 551 g/mol. The number of carbonyl (C=O) groups is 1. The van der Waals surface area contributed by atoms with E-state index in [-0.39, 0.29) is 11.9 Å². The predicted octanol–water partition coefficient (Wildman–Crippen LogP) is 4.15. The number of nitrogens with one attached hydrogen (secondary N) is 1. The Morgan fingerprint density at radius 3 is 2.49 bits per heavy atom. The molecule has 0 radical (unpaired) electrons. The molecule has 3 aromatic rings. The maximum Gasteiger partial charge on any atom is 0.280 e. The van der Waals surface area contributed by atoms with Gasteiger partial charge >= 0.3 is 0 Å². The second-order valence-corrected chi connectivity index (χ2v) is 12.5. The van der Waals surface area contributed by atoms with Gasteiger partial charge in [0.15, 0.2) is 10.7 Å². The Labute approximate surface area is 235 Å². The van der Waals surface area contributed by atoms with Crippen LogP contribution >= 0.6 is 11.3 Å². The molecule has 9 nitrogen and oxygen atoms in total. The smallest absolute Gasteiger partial charge is 0.280 e. The average Bonchev–Trinajstić information content (AvgIpc) is 3.47. The Morgan fingerprint density at radius 2 is 1.67 bits per heavy atom. The fraction of sp³-hybridized carbons (Fsp3) is 0.655. The molecule has 6 heterocycles. The quantitative estimate of drug-likeness (QED) is 0.473. The molecule has 0 aliphatic carbocycles. The topological polar surface area (TPSA) is 82.4 Å². The van der Waals surface area contributed by atoms with Crippen LogP contribution in [0.4, 0.5) is 5.82 Å². The molecule has 3 aromatic heterocycles. The third-order valence-corrected chi connectivity index (χ3v) is 9.56. The maximum absolute atomic E-state index is 13.2. The minimum absolute atomic E-state index is 0.0732. The Bertz CT molecular complexity index is 1260. The second-order valence-electron chi connectivity index (χ2n) is 11.5. The molecular formula is C29H42N8OS. The molecule has 6 rings (SSSR count). The van der Waals surface area contributed by atoms with Crippen LogP contribution < -0.4 is 10.2 Å². The Balaban J connectivity index is 1.09. The van der Waals surface area contributed by atoms with E-state index in [2.05, 4.69) is 37.1 Å². The first kappa shape index (κ1) is 26.7. The van der Waals surface area contributed by atoms with E-state index >= 15 is 0 Å². The zero-order chi connectivity index (χ0) is 26.6. The van der Waals surface area contributed by atoms with Crippen molar-refractivity contribution in [2.75, 3.05) is 57.3 Å². The lowest BCUT2D eigenvalue weighted by Gasteiger charge is -2.35. The molecular weight excluding hydrogens is 508 g/mol. The largest absolute Gasteiger partial charge is 0.357 e. The summed E-state index contributed by atoms with van der Waals surface area (Å²) in [6, 6.07) is 4.43. The van der Waals surface area contributed by atoms with Gasteiger partial charge in [0.1, 0.15) is 11.5 Å². The molecule has 0 spiro atoms. The third kappa shape index (κ3) is 6.28. The number of hydrogen-bond acceptors (Lipinski definition) is 8. The van der Waals surface area contributed by atoms with Crippen molar-refractivity contribution < 1.29 is 4.79 Å². The van der Waals surface area contributed by atoms with E-state index in [1.807, 2.05) is 11.7 Å². The van der Waals surface area contributed by atoms with Crippen LogP contribution in [0.5, 0.6) is 0 Å². The number of piperidine rings is 2. The van der Waals surface area contributed by atoms with E-state index in [1.165, 1.54) is 69.4 Å². The molecule has 0 saturated carbocycles. The fourth-order valence-corrected chi connectivity index (χ4v) is 7.18. The summed E-state index contributed by atoms with van der Waals surface area (Å²) in [7, 11) is 1.94. The van der Waals surface area contributed by atoms with Crippen molar-refractivity contribution in [2.45, 2.75) is 63.8 Å². The van der Waals surface area contributed by atoms with E-state index < -0.39 is 0 Å². The van der Waals surface area contributed by atoms with E-state index in [0.29, 0.717) is 5.01 Å². The molecule has 210 valence electrons. The maximum atomic E-state index is 13.2. The summed E-state index contributed by atoms with van der Waals surface area (Å²) < 4.78 is 1.85. The lowest BCUT2D eigenvalue weighted by atomic mass is 10.1. The first-order chi connectivity index (χ1) is 19.1. The molecule has 3 saturated heterocycles. The summed E-state index contributed by atoms with van der Waals surface area (Å²) in [5.41, 5.74) is 1.72. The monoisotopic (exact) mass is 550 g/mol. The van der Waals surface area contributed by atoms with Gasteiger partial charge in [-0.2, -0.15) is 5.10 Å². The van der Waals surface area contributed by atoms with Gasteiger partial charge in [0.05, 0.1) is 4.88 Å². The number of pyridine rings is 1. The highest BCUT2D eigenvalue weighted by Gasteiger charge is 2.25. The zero-order valence-corrected chi connectivity index (χ0v) is 24.1. The van der Waals surface area contributed by atoms with Gasteiger partial charge in [-0.05, 0) is 70.3 Å². The van der Waals surface area contributed by atoms with Crippen molar-refractivity contribution in [3.8, 4) is 10.6 Å². The van der Waals surface area contributed by atoms with Crippen molar-refractivity contribution >= 4 is 34.1 Å². The second kappa shape index (κ2) is 12.3. The van der Waals surface area contributed by atoms with Crippen LogP contribution in [0.1, 0.15) is 67.6 Å². The summed E-state index contributed by atoms with van der Waals surface area (Å²) in [5.74, 6) is 0.955. The van der Waals surface area contributed by atoms with Gasteiger partial charge in [-0.25, -0.2) is 14.6 Å². The van der Waals surface area contributed by atoms with Gasteiger partial charge in [-0.15, -0.1) is 11.3 Å². The molecule has 10 heteroatoms. The first-order valence-electron chi connectivity index (χ1n) is 14.9. The molecule has 1 amide bonds. The van der Waals surface area contributed by atoms with Crippen LogP contribution in [0, 0.1) is 0 Å². The minimum atomic E-state index is -0.0732. The molecule has 1 N–H and O–H groups in total. The highest BCUT2D eigenvalue weighted by atomic mass is 32.1. The van der Waals surface area contributed by atoms with Gasteiger partial charge in [0.2, 0.25) is 0 Å². The summed E-state index contributed by atoms with van der Waals surface area (Å²) in [5, 5.41) is 9.56. The Morgan fingerprint density at radius 1 is 0.949 bits per heavy atom. The molecule has 1 unspecified atom stereocenters. The van der Waals surface area contributed by atoms with Crippen molar-refractivity contribution in [2.24, 2.45) is 7.05 Å². The lowest BCUT2D eigenvalue weighted by molar-refractivity contribution is 0.0894. The van der Waals surface area contributed by atoms with Gasteiger partial charge in [-0.3, -0.25) is 4.79 Å². The van der Waals surface area contributed by atoms with E-state index in [9.17, 15) is 4.79 Å². The van der Waals surface area contributed by atoms with Crippen molar-refractivity contribution in [1.29, 1.82) is 0 Å². The molecule has 1 atom stereocenters. The number of fused-ring (bicyclic) bond motifs is 1. The van der Waals surface area contributed by atoms with Crippen molar-refractivity contribution in [3.63, 3.8) is 0 Å². The third-order valence-electron chi connectivity index (χ3n) is 8.56. The van der Waals surface area contributed by atoms with Gasteiger partial charge in [-0.1, -0.05) is 19.3 Å². The number of likely N-dealkylation sites (tertiary alicyclic amines) is 2. The highest BCUT2D eigenvalue weighted by Crippen LogP contribution is 2.32. The molecule has 3 aliphatic heterocycles. The van der Waals surface area contributed by atoms with Crippen molar-refractivity contribution in [1.82, 2.24) is 34.9 Å². The van der Waals surface area contributed by atoms with Gasteiger partial charge in [0, 0.05) is 57.4 Å². The number of nitrogens with zero attached hydrogens (tertiary/aromatic N) is 7. The first-order valence-corrected chi connectivity index (χ1v) is 15.8. The summed E-state index contributed by atoms with van der Waals surface area (Å²) in [4.78, 5) is 31.0. The van der Waals surface area contributed by atoms with Crippen LogP contribution in [-0.2, 0) is 7.05 Å². The predicted molar refractivity (Wildman–Crippen MR) is 158 cm³/mol. The van der Waals surface area contributed by atoms with E-state index in [0.717, 1.165) is 79.5 Å². The number of carbonyl (C=O) groups excluding carboxylic acids is 1. The highest BCUT2D eigenvalue weighted by molar-refractivity contribution is 7.17. The summed E-state index contributed by atoms with van der Waals surface area (Å²) >= 11 is 1.42. The lowest BCUT2D eigenvalue weighted by Crippen LogP contribution is -2.49. The van der Waals surface area contributed by atoms with Crippen LogP contribution in [0.3, 0.4) is 0 Å². The van der Waals surface area contributed by atoms with Gasteiger partial charge in [0.25, 0.3) is 5.91 Å². The number of anilines is 1. The zero-order valence-electron chi connectivity index (χ0n) is 23.3. The molecule has 0 aromatic carbocycles. The van der Waals surface area contributed by atoms with Crippen LogP contribution in [0.25, 0.3) is 21.6 Å². The number of aromatic nitrogens is 4. The fourth-order valence-electron chi connectivity index (χ4n) is 6.36.